The summed E-state index contributed by atoms with van der Waals surface area (Å²) in [5.74, 6) is 0.457. The fourth-order valence-corrected chi connectivity index (χ4v) is 3.32. The number of aryl methyl sites for hydroxylation is 1. The molecule has 0 unspecified atom stereocenters. The number of anilines is 3. The molecule has 7 heteroatoms. The second-order valence-electron chi connectivity index (χ2n) is 6.60. The summed E-state index contributed by atoms with van der Waals surface area (Å²) in [6.45, 7) is 2.66. The Hall–Kier alpha value is -2.96. The third kappa shape index (κ3) is 4.81. The molecule has 0 saturated heterocycles. The van der Waals surface area contributed by atoms with Gasteiger partial charge in [0.05, 0.1) is 4.92 Å². The zero-order valence-corrected chi connectivity index (χ0v) is 15.6. The van der Waals surface area contributed by atoms with Gasteiger partial charge in [-0.3, -0.25) is 10.1 Å². The Morgan fingerprint density at radius 2 is 2.00 bits per heavy atom. The predicted molar refractivity (Wildman–Crippen MR) is 107 cm³/mol. The first-order valence-electron chi connectivity index (χ1n) is 9.45. The van der Waals surface area contributed by atoms with Crippen molar-refractivity contribution < 1.29 is 4.92 Å². The van der Waals surface area contributed by atoms with Gasteiger partial charge in [-0.15, -0.1) is 0 Å². The van der Waals surface area contributed by atoms with Crippen molar-refractivity contribution in [3.05, 3.63) is 57.9 Å². The third-order valence-electron chi connectivity index (χ3n) is 4.78. The minimum absolute atomic E-state index is 0.124. The van der Waals surface area contributed by atoms with Crippen molar-refractivity contribution in [2.45, 2.75) is 45.4 Å². The van der Waals surface area contributed by atoms with Gasteiger partial charge in [-0.1, -0.05) is 36.8 Å². The molecular weight excluding hydrogens is 342 g/mol. The second kappa shape index (κ2) is 9.12. The van der Waals surface area contributed by atoms with Gasteiger partial charge in [0.15, 0.2) is 0 Å². The van der Waals surface area contributed by atoms with E-state index in [-0.39, 0.29) is 17.3 Å². The fraction of sp³-hybridized carbons (Fsp3) is 0.400. The molecule has 0 aliphatic heterocycles. The summed E-state index contributed by atoms with van der Waals surface area (Å²) in [6.07, 6.45) is 10.1. The Balaban J connectivity index is 1.78. The first-order valence-corrected chi connectivity index (χ1v) is 9.45. The number of allylic oxidation sites excluding steroid dienone is 1. The van der Waals surface area contributed by atoms with E-state index >= 15 is 0 Å². The lowest BCUT2D eigenvalue weighted by Crippen LogP contribution is -2.10. The quantitative estimate of drug-likeness (QED) is 0.388. The molecule has 0 fully saturated rings. The van der Waals surface area contributed by atoms with E-state index in [0.29, 0.717) is 6.54 Å². The number of hydrogen-bond acceptors (Lipinski definition) is 6. The van der Waals surface area contributed by atoms with Crippen LogP contribution in [0.4, 0.5) is 23.0 Å². The summed E-state index contributed by atoms with van der Waals surface area (Å²) in [6, 6.07) is 7.73. The van der Waals surface area contributed by atoms with E-state index in [0.717, 1.165) is 36.9 Å². The number of rotatable bonds is 8. The average Bonchev–Trinajstić information content (AvgIpc) is 2.69. The van der Waals surface area contributed by atoms with Gasteiger partial charge in [0.2, 0.25) is 11.6 Å². The Morgan fingerprint density at radius 3 is 2.74 bits per heavy atom. The maximum Gasteiger partial charge on any atom is 0.353 e. The van der Waals surface area contributed by atoms with Crippen LogP contribution in [-0.2, 0) is 6.42 Å². The van der Waals surface area contributed by atoms with Crippen LogP contribution >= 0.6 is 0 Å². The molecule has 27 heavy (non-hydrogen) atoms. The molecule has 1 aromatic heterocycles. The second-order valence-corrected chi connectivity index (χ2v) is 6.60. The first kappa shape index (κ1) is 18.8. The summed E-state index contributed by atoms with van der Waals surface area (Å²) in [4.78, 5) is 19.5. The molecule has 142 valence electrons. The Kier molecular flexibility index (Phi) is 6.35. The highest BCUT2D eigenvalue weighted by molar-refractivity contribution is 5.74. The Morgan fingerprint density at radius 1 is 1.19 bits per heavy atom. The predicted octanol–water partition coefficient (Wildman–Crippen LogP) is 4.99. The minimum atomic E-state index is -0.431. The van der Waals surface area contributed by atoms with E-state index < -0.39 is 4.92 Å². The van der Waals surface area contributed by atoms with Crippen LogP contribution in [0.25, 0.3) is 0 Å². The molecule has 0 spiro atoms. The Labute approximate surface area is 159 Å². The van der Waals surface area contributed by atoms with Crippen LogP contribution in [0.1, 0.15) is 44.6 Å². The van der Waals surface area contributed by atoms with E-state index in [4.69, 9.17) is 0 Å². The van der Waals surface area contributed by atoms with Crippen LogP contribution in [0.5, 0.6) is 0 Å². The Bertz CT molecular complexity index is 835. The molecule has 0 amide bonds. The van der Waals surface area contributed by atoms with Gasteiger partial charge in [0, 0.05) is 12.2 Å². The lowest BCUT2D eigenvalue weighted by Gasteiger charge is -2.14. The first-order chi connectivity index (χ1) is 13.2. The van der Waals surface area contributed by atoms with Gasteiger partial charge in [-0.05, 0) is 50.2 Å². The highest BCUT2D eigenvalue weighted by atomic mass is 16.6. The fourth-order valence-electron chi connectivity index (χ4n) is 3.32. The van der Waals surface area contributed by atoms with Crippen LogP contribution in [-0.4, -0.2) is 21.4 Å². The molecule has 0 atom stereocenters. The molecule has 2 aromatic rings. The largest absolute Gasteiger partial charge is 0.364 e. The number of nitro groups is 1. The number of nitrogens with zero attached hydrogens (tertiary/aromatic N) is 3. The van der Waals surface area contributed by atoms with Gasteiger partial charge in [-0.2, -0.15) is 0 Å². The van der Waals surface area contributed by atoms with Crippen molar-refractivity contribution in [3.8, 4) is 0 Å². The molecule has 1 aliphatic carbocycles. The van der Waals surface area contributed by atoms with Crippen LogP contribution in [0, 0.1) is 10.1 Å². The van der Waals surface area contributed by atoms with E-state index in [9.17, 15) is 10.1 Å². The lowest BCUT2D eigenvalue weighted by molar-refractivity contribution is -0.383. The number of benzene rings is 1. The molecule has 3 rings (SSSR count). The molecular formula is C20H25N5O2. The normalized spacial score (nSPS) is 13.7. The SMILES string of the molecule is CCc1ccccc1Nc1ncnc(NCCC2=CCCCC2)c1[N+](=O)[O-]. The van der Waals surface area contributed by atoms with Crippen LogP contribution in [0.3, 0.4) is 0 Å². The van der Waals surface area contributed by atoms with Crippen LogP contribution in [0.15, 0.2) is 42.2 Å². The molecule has 0 bridgehead atoms. The van der Waals surface area contributed by atoms with E-state index in [1.54, 1.807) is 0 Å². The number of aromatic nitrogens is 2. The van der Waals surface area contributed by atoms with Crippen molar-refractivity contribution >= 4 is 23.0 Å². The molecule has 0 radical (unpaired) electrons. The third-order valence-corrected chi connectivity index (χ3v) is 4.78. The van der Waals surface area contributed by atoms with E-state index in [1.807, 2.05) is 31.2 Å². The summed E-state index contributed by atoms with van der Waals surface area (Å²) in [5.41, 5.74) is 3.19. The number of hydrogen-bond donors (Lipinski definition) is 2. The highest BCUT2D eigenvalue weighted by Crippen LogP contribution is 2.32. The van der Waals surface area contributed by atoms with Gasteiger partial charge >= 0.3 is 5.69 Å². The molecule has 7 nitrogen and oxygen atoms in total. The van der Waals surface area contributed by atoms with Gasteiger partial charge < -0.3 is 10.6 Å². The topological polar surface area (TPSA) is 93.0 Å². The zero-order valence-electron chi connectivity index (χ0n) is 15.6. The summed E-state index contributed by atoms with van der Waals surface area (Å²) < 4.78 is 0. The summed E-state index contributed by atoms with van der Waals surface area (Å²) in [5, 5.41) is 17.9. The van der Waals surface area contributed by atoms with Crippen molar-refractivity contribution in [1.29, 1.82) is 0 Å². The van der Waals surface area contributed by atoms with E-state index in [2.05, 4.69) is 26.7 Å². The van der Waals surface area contributed by atoms with Crippen molar-refractivity contribution in [2.24, 2.45) is 0 Å². The molecule has 1 aliphatic rings. The standard InChI is InChI=1S/C20H25N5O2/c1-2-16-10-6-7-11-17(16)24-20-18(25(26)27)19(22-14-23-20)21-13-12-15-8-4-3-5-9-15/h6-8,10-11,14H,2-5,9,12-13H2,1H3,(H2,21,22,23,24). The molecule has 2 N–H and O–H groups in total. The lowest BCUT2D eigenvalue weighted by atomic mass is 9.97. The summed E-state index contributed by atoms with van der Waals surface area (Å²) in [7, 11) is 0. The number of nitrogens with one attached hydrogen (secondary N) is 2. The zero-order chi connectivity index (χ0) is 19.1. The molecule has 0 saturated carbocycles. The van der Waals surface area contributed by atoms with Gasteiger partial charge in [0.25, 0.3) is 0 Å². The summed E-state index contributed by atoms with van der Waals surface area (Å²) >= 11 is 0. The van der Waals surface area contributed by atoms with Gasteiger partial charge in [-0.25, -0.2) is 9.97 Å². The molecule has 1 heterocycles. The number of para-hydroxylation sites is 1. The van der Waals surface area contributed by atoms with Crippen molar-refractivity contribution in [2.75, 3.05) is 17.2 Å². The average molecular weight is 367 g/mol. The van der Waals surface area contributed by atoms with Crippen LogP contribution < -0.4 is 10.6 Å². The van der Waals surface area contributed by atoms with Crippen LogP contribution in [0.2, 0.25) is 0 Å². The van der Waals surface area contributed by atoms with E-state index in [1.165, 1.54) is 24.7 Å². The van der Waals surface area contributed by atoms with Gasteiger partial charge in [0.1, 0.15) is 6.33 Å². The molecule has 1 aromatic carbocycles. The van der Waals surface area contributed by atoms with Crippen molar-refractivity contribution in [3.63, 3.8) is 0 Å². The highest BCUT2D eigenvalue weighted by Gasteiger charge is 2.23. The van der Waals surface area contributed by atoms with Crippen molar-refractivity contribution in [1.82, 2.24) is 9.97 Å². The minimum Gasteiger partial charge on any atom is -0.364 e. The smallest absolute Gasteiger partial charge is 0.353 e. The maximum absolute atomic E-state index is 11.7. The maximum atomic E-state index is 11.7. The monoisotopic (exact) mass is 367 g/mol.